The lowest BCUT2D eigenvalue weighted by Gasteiger charge is -2.33. The number of halogens is 1. The summed E-state index contributed by atoms with van der Waals surface area (Å²) in [6, 6.07) is 7.03. The third-order valence-corrected chi connectivity index (χ3v) is 5.37. The zero-order chi connectivity index (χ0) is 19.7. The van der Waals surface area contributed by atoms with Crippen LogP contribution in [0.5, 0.6) is 0 Å². The zero-order valence-electron chi connectivity index (χ0n) is 16.2. The van der Waals surface area contributed by atoms with Crippen LogP contribution in [0, 0.1) is 0 Å². The van der Waals surface area contributed by atoms with Crippen molar-refractivity contribution in [2.75, 3.05) is 56.7 Å². The molecule has 0 N–H and O–H groups in total. The van der Waals surface area contributed by atoms with Gasteiger partial charge >= 0.3 is 0 Å². The van der Waals surface area contributed by atoms with Crippen LogP contribution in [-0.4, -0.2) is 67.7 Å². The highest BCUT2D eigenvalue weighted by molar-refractivity contribution is 6.30. The molecule has 0 bridgehead atoms. The van der Waals surface area contributed by atoms with Gasteiger partial charge in [-0.25, -0.2) is 4.98 Å². The SMILES string of the molecule is CN(C)c1nc(N2CCOCC2)nc2c1CN(C(=O)c1ccc(Cl)cc1)CC2. The van der Waals surface area contributed by atoms with E-state index in [9.17, 15) is 4.79 Å². The molecule has 0 spiro atoms. The molecule has 2 aromatic rings. The average Bonchev–Trinajstić information content (AvgIpc) is 2.73. The third kappa shape index (κ3) is 3.77. The van der Waals surface area contributed by atoms with E-state index >= 15 is 0 Å². The predicted octanol–water partition coefficient (Wildman–Crippen LogP) is 2.23. The van der Waals surface area contributed by atoms with Crippen LogP contribution in [0.15, 0.2) is 24.3 Å². The number of ether oxygens (including phenoxy) is 1. The van der Waals surface area contributed by atoms with E-state index in [0.717, 1.165) is 42.5 Å². The largest absolute Gasteiger partial charge is 0.378 e. The van der Waals surface area contributed by atoms with Crippen LogP contribution in [0.25, 0.3) is 0 Å². The van der Waals surface area contributed by atoms with Gasteiger partial charge in [0.2, 0.25) is 5.95 Å². The first-order valence-electron chi connectivity index (χ1n) is 9.47. The molecular formula is C20H24ClN5O2. The summed E-state index contributed by atoms with van der Waals surface area (Å²) in [5, 5.41) is 0.625. The van der Waals surface area contributed by atoms with Gasteiger partial charge < -0.3 is 19.4 Å². The molecule has 1 saturated heterocycles. The smallest absolute Gasteiger partial charge is 0.254 e. The molecule has 7 nitrogen and oxygen atoms in total. The highest BCUT2D eigenvalue weighted by Crippen LogP contribution is 2.29. The van der Waals surface area contributed by atoms with E-state index in [0.29, 0.717) is 36.9 Å². The molecule has 1 fully saturated rings. The Hall–Kier alpha value is -2.38. The second-order valence-corrected chi connectivity index (χ2v) is 7.69. The van der Waals surface area contributed by atoms with Crippen molar-refractivity contribution in [3.63, 3.8) is 0 Å². The molecule has 4 rings (SSSR count). The Balaban J connectivity index is 1.62. The molecule has 2 aliphatic rings. The van der Waals surface area contributed by atoms with E-state index in [1.54, 1.807) is 24.3 Å². The first kappa shape index (κ1) is 19.0. The number of amides is 1. The van der Waals surface area contributed by atoms with Crippen LogP contribution in [0.4, 0.5) is 11.8 Å². The Bertz CT molecular complexity index is 866. The molecule has 148 valence electrons. The van der Waals surface area contributed by atoms with Crippen molar-refractivity contribution in [3.8, 4) is 0 Å². The van der Waals surface area contributed by atoms with Crippen LogP contribution in [0.1, 0.15) is 21.6 Å². The monoisotopic (exact) mass is 401 g/mol. The predicted molar refractivity (Wildman–Crippen MR) is 109 cm³/mol. The van der Waals surface area contributed by atoms with Gasteiger partial charge in [0, 0.05) is 56.3 Å². The number of nitrogens with zero attached hydrogens (tertiary/aromatic N) is 5. The minimum atomic E-state index is 0.00396. The average molecular weight is 402 g/mol. The number of morpholine rings is 1. The van der Waals surface area contributed by atoms with Gasteiger partial charge in [-0.1, -0.05) is 11.6 Å². The Morgan fingerprint density at radius 3 is 2.50 bits per heavy atom. The molecule has 1 amide bonds. The third-order valence-electron chi connectivity index (χ3n) is 5.12. The lowest BCUT2D eigenvalue weighted by Crippen LogP contribution is -2.40. The lowest BCUT2D eigenvalue weighted by atomic mass is 10.0. The fourth-order valence-electron chi connectivity index (χ4n) is 3.61. The van der Waals surface area contributed by atoms with E-state index < -0.39 is 0 Å². The molecule has 0 aliphatic carbocycles. The molecule has 3 heterocycles. The molecule has 0 saturated carbocycles. The number of carbonyl (C=O) groups excluding carboxylic acids is 1. The second kappa shape index (κ2) is 7.93. The summed E-state index contributed by atoms with van der Waals surface area (Å²) in [5.74, 6) is 1.63. The van der Waals surface area contributed by atoms with Crippen LogP contribution in [-0.2, 0) is 17.7 Å². The summed E-state index contributed by atoms with van der Waals surface area (Å²) >= 11 is 5.94. The van der Waals surface area contributed by atoms with E-state index in [-0.39, 0.29) is 5.91 Å². The highest BCUT2D eigenvalue weighted by Gasteiger charge is 2.28. The van der Waals surface area contributed by atoms with Gasteiger partial charge in [0.15, 0.2) is 0 Å². The van der Waals surface area contributed by atoms with Crippen molar-refractivity contribution in [2.24, 2.45) is 0 Å². The highest BCUT2D eigenvalue weighted by atomic mass is 35.5. The normalized spacial score (nSPS) is 16.7. The van der Waals surface area contributed by atoms with Crippen molar-refractivity contribution in [1.29, 1.82) is 0 Å². The quantitative estimate of drug-likeness (QED) is 0.786. The van der Waals surface area contributed by atoms with Gasteiger partial charge in [0.1, 0.15) is 5.82 Å². The minimum Gasteiger partial charge on any atom is -0.378 e. The molecule has 8 heteroatoms. The van der Waals surface area contributed by atoms with Crippen molar-refractivity contribution in [1.82, 2.24) is 14.9 Å². The van der Waals surface area contributed by atoms with Crippen LogP contribution in [0.2, 0.25) is 5.02 Å². The Morgan fingerprint density at radius 1 is 1.11 bits per heavy atom. The lowest BCUT2D eigenvalue weighted by molar-refractivity contribution is 0.0733. The number of anilines is 2. The fourth-order valence-corrected chi connectivity index (χ4v) is 3.73. The zero-order valence-corrected chi connectivity index (χ0v) is 16.9. The van der Waals surface area contributed by atoms with Crippen molar-refractivity contribution in [2.45, 2.75) is 13.0 Å². The van der Waals surface area contributed by atoms with Crippen LogP contribution >= 0.6 is 11.6 Å². The molecule has 0 radical (unpaired) electrons. The molecule has 1 aromatic carbocycles. The Kier molecular flexibility index (Phi) is 5.37. The molecular weight excluding hydrogens is 378 g/mol. The molecule has 1 aromatic heterocycles. The Labute approximate surface area is 169 Å². The number of rotatable bonds is 3. The topological polar surface area (TPSA) is 61.8 Å². The summed E-state index contributed by atoms with van der Waals surface area (Å²) in [4.78, 5) is 28.6. The van der Waals surface area contributed by atoms with Crippen LogP contribution < -0.4 is 9.80 Å². The van der Waals surface area contributed by atoms with Crippen molar-refractivity contribution >= 4 is 29.3 Å². The molecule has 0 atom stereocenters. The molecule has 2 aliphatic heterocycles. The second-order valence-electron chi connectivity index (χ2n) is 7.25. The number of hydrogen-bond donors (Lipinski definition) is 0. The number of carbonyl (C=O) groups is 1. The van der Waals surface area contributed by atoms with Gasteiger partial charge in [-0.15, -0.1) is 0 Å². The summed E-state index contributed by atoms with van der Waals surface area (Å²) in [5.41, 5.74) is 2.70. The first-order chi connectivity index (χ1) is 13.5. The van der Waals surface area contributed by atoms with E-state index in [2.05, 4.69) is 4.90 Å². The summed E-state index contributed by atoms with van der Waals surface area (Å²) < 4.78 is 5.44. The Morgan fingerprint density at radius 2 is 1.82 bits per heavy atom. The standard InChI is InChI=1S/C20H24ClN5O2/c1-24(2)18-16-13-26(19(27)14-3-5-15(21)6-4-14)8-7-17(16)22-20(23-18)25-9-11-28-12-10-25/h3-6H,7-13H2,1-2H3. The summed E-state index contributed by atoms with van der Waals surface area (Å²) in [6.45, 7) is 4.14. The van der Waals surface area contributed by atoms with Gasteiger partial charge in [0.25, 0.3) is 5.91 Å². The van der Waals surface area contributed by atoms with Gasteiger partial charge in [-0.05, 0) is 24.3 Å². The number of fused-ring (bicyclic) bond motifs is 1. The maximum atomic E-state index is 12.9. The van der Waals surface area contributed by atoms with Crippen LogP contribution in [0.3, 0.4) is 0 Å². The van der Waals surface area contributed by atoms with E-state index in [1.807, 2.05) is 23.9 Å². The van der Waals surface area contributed by atoms with Gasteiger partial charge in [-0.3, -0.25) is 4.79 Å². The summed E-state index contributed by atoms with van der Waals surface area (Å²) in [7, 11) is 3.96. The van der Waals surface area contributed by atoms with Gasteiger partial charge in [-0.2, -0.15) is 4.98 Å². The van der Waals surface area contributed by atoms with Gasteiger partial charge in [0.05, 0.1) is 25.5 Å². The molecule has 28 heavy (non-hydrogen) atoms. The maximum absolute atomic E-state index is 12.9. The summed E-state index contributed by atoms with van der Waals surface area (Å²) in [6.07, 6.45) is 0.718. The first-order valence-corrected chi connectivity index (χ1v) is 9.85. The van der Waals surface area contributed by atoms with Crippen molar-refractivity contribution in [3.05, 3.63) is 46.1 Å². The number of benzene rings is 1. The molecule has 0 unspecified atom stereocenters. The van der Waals surface area contributed by atoms with E-state index in [4.69, 9.17) is 26.3 Å². The van der Waals surface area contributed by atoms with Crippen molar-refractivity contribution < 1.29 is 9.53 Å². The number of aromatic nitrogens is 2. The number of hydrogen-bond acceptors (Lipinski definition) is 6. The van der Waals surface area contributed by atoms with E-state index in [1.165, 1.54) is 0 Å². The fraction of sp³-hybridized carbons (Fsp3) is 0.450. The maximum Gasteiger partial charge on any atom is 0.254 e. The minimum absolute atomic E-state index is 0.00396.